The summed E-state index contributed by atoms with van der Waals surface area (Å²) in [4.78, 5) is 0. The van der Waals surface area contributed by atoms with E-state index in [1.807, 2.05) is 24.3 Å². The maximum absolute atomic E-state index is 10.8. The molecule has 0 saturated heterocycles. The van der Waals surface area contributed by atoms with Gasteiger partial charge in [-0.1, -0.05) is 12.1 Å². The van der Waals surface area contributed by atoms with Gasteiger partial charge < -0.3 is 11.1 Å². The van der Waals surface area contributed by atoms with Crippen LogP contribution in [0.4, 0.5) is 5.69 Å². The number of hydrogen-bond donors (Lipinski definition) is 3. The lowest BCUT2D eigenvalue weighted by molar-refractivity contribution is 0.589. The van der Waals surface area contributed by atoms with Crippen molar-refractivity contribution in [3.8, 4) is 0 Å². The lowest BCUT2D eigenvalue weighted by atomic mass is 10.1. The van der Waals surface area contributed by atoms with E-state index in [1.54, 1.807) is 0 Å². The molecule has 0 atom stereocenters. The summed E-state index contributed by atoms with van der Waals surface area (Å²) in [6.07, 6.45) is 2.02. The molecule has 1 aromatic rings. The predicted molar refractivity (Wildman–Crippen MR) is 70.5 cm³/mol. The SMILES string of the molecule is CS(=O)(=O)NCCNc1ccc(CCN)cc1. The molecule has 1 rings (SSSR count). The molecule has 5 nitrogen and oxygen atoms in total. The van der Waals surface area contributed by atoms with Crippen LogP contribution in [-0.2, 0) is 16.4 Å². The van der Waals surface area contributed by atoms with Gasteiger partial charge in [0.25, 0.3) is 0 Å². The number of hydrogen-bond acceptors (Lipinski definition) is 4. The second kappa shape index (κ2) is 6.58. The van der Waals surface area contributed by atoms with Crippen LogP contribution < -0.4 is 15.8 Å². The van der Waals surface area contributed by atoms with Crippen LogP contribution in [0.15, 0.2) is 24.3 Å². The Morgan fingerprint density at radius 1 is 1.18 bits per heavy atom. The third kappa shape index (κ3) is 6.25. The molecular weight excluding hydrogens is 238 g/mol. The van der Waals surface area contributed by atoms with Crippen LogP contribution in [-0.4, -0.2) is 34.3 Å². The van der Waals surface area contributed by atoms with Crippen molar-refractivity contribution in [1.82, 2.24) is 4.72 Å². The zero-order valence-corrected chi connectivity index (χ0v) is 10.8. The van der Waals surface area contributed by atoms with Crippen molar-refractivity contribution >= 4 is 15.7 Å². The molecule has 0 fully saturated rings. The molecule has 6 heteroatoms. The van der Waals surface area contributed by atoms with Gasteiger partial charge in [0, 0.05) is 18.8 Å². The molecule has 0 saturated carbocycles. The first-order valence-corrected chi connectivity index (χ1v) is 7.38. The molecular formula is C11H19N3O2S. The molecule has 0 radical (unpaired) electrons. The fourth-order valence-electron chi connectivity index (χ4n) is 1.40. The molecule has 0 unspecified atom stereocenters. The minimum atomic E-state index is -3.10. The Kier molecular flexibility index (Phi) is 5.40. The van der Waals surface area contributed by atoms with Crippen LogP contribution in [0.25, 0.3) is 0 Å². The van der Waals surface area contributed by atoms with Crippen LogP contribution in [0.1, 0.15) is 5.56 Å². The highest BCUT2D eigenvalue weighted by Gasteiger charge is 1.98. The number of nitrogens with two attached hydrogens (primary N) is 1. The van der Waals surface area contributed by atoms with E-state index in [4.69, 9.17) is 5.73 Å². The Hall–Kier alpha value is -1.11. The van der Waals surface area contributed by atoms with Gasteiger partial charge in [-0.05, 0) is 30.7 Å². The summed E-state index contributed by atoms with van der Waals surface area (Å²) >= 11 is 0. The molecule has 0 aliphatic carbocycles. The van der Waals surface area contributed by atoms with Gasteiger partial charge in [-0.15, -0.1) is 0 Å². The molecule has 4 N–H and O–H groups in total. The van der Waals surface area contributed by atoms with E-state index in [0.29, 0.717) is 19.6 Å². The van der Waals surface area contributed by atoms with Gasteiger partial charge in [-0.3, -0.25) is 0 Å². The minimum Gasteiger partial charge on any atom is -0.384 e. The summed E-state index contributed by atoms with van der Waals surface area (Å²) in [7, 11) is -3.10. The number of benzene rings is 1. The molecule has 0 aromatic heterocycles. The average Bonchev–Trinajstić information content (AvgIpc) is 2.26. The maximum Gasteiger partial charge on any atom is 0.208 e. The number of rotatable bonds is 7. The van der Waals surface area contributed by atoms with E-state index in [1.165, 1.54) is 5.56 Å². The van der Waals surface area contributed by atoms with Gasteiger partial charge in [0.15, 0.2) is 0 Å². The van der Waals surface area contributed by atoms with Gasteiger partial charge >= 0.3 is 0 Å². The minimum absolute atomic E-state index is 0.378. The van der Waals surface area contributed by atoms with Crippen molar-refractivity contribution in [2.45, 2.75) is 6.42 Å². The Morgan fingerprint density at radius 3 is 2.35 bits per heavy atom. The normalized spacial score (nSPS) is 11.4. The Bertz CT molecular complexity index is 429. The highest BCUT2D eigenvalue weighted by atomic mass is 32.2. The van der Waals surface area contributed by atoms with E-state index >= 15 is 0 Å². The monoisotopic (exact) mass is 257 g/mol. The zero-order chi connectivity index (χ0) is 12.7. The fourth-order valence-corrected chi connectivity index (χ4v) is 1.87. The van der Waals surface area contributed by atoms with E-state index in [-0.39, 0.29) is 0 Å². The molecule has 0 spiro atoms. The number of nitrogens with one attached hydrogen (secondary N) is 2. The standard InChI is InChI=1S/C11H19N3O2S/c1-17(15,16)14-9-8-13-11-4-2-10(3-5-11)6-7-12/h2-5,13-14H,6-9,12H2,1H3. The fraction of sp³-hybridized carbons (Fsp3) is 0.455. The lowest BCUT2D eigenvalue weighted by Gasteiger charge is -2.07. The van der Waals surface area contributed by atoms with E-state index in [2.05, 4.69) is 10.0 Å². The zero-order valence-electron chi connectivity index (χ0n) is 9.94. The molecule has 0 heterocycles. The Labute approximate surface area is 102 Å². The second-order valence-electron chi connectivity index (χ2n) is 3.83. The van der Waals surface area contributed by atoms with Crippen LogP contribution in [0, 0.1) is 0 Å². The van der Waals surface area contributed by atoms with E-state index < -0.39 is 10.0 Å². The first-order valence-electron chi connectivity index (χ1n) is 5.49. The molecule has 0 bridgehead atoms. The average molecular weight is 257 g/mol. The Morgan fingerprint density at radius 2 is 1.82 bits per heavy atom. The highest BCUT2D eigenvalue weighted by Crippen LogP contribution is 2.09. The summed E-state index contributed by atoms with van der Waals surface area (Å²) in [5.41, 5.74) is 7.63. The predicted octanol–water partition coefficient (Wildman–Crippen LogP) is 0.149. The Balaban J connectivity index is 2.32. The molecule has 96 valence electrons. The van der Waals surface area contributed by atoms with Gasteiger partial charge in [0.1, 0.15) is 0 Å². The van der Waals surface area contributed by atoms with Crippen LogP contribution in [0.2, 0.25) is 0 Å². The summed E-state index contributed by atoms with van der Waals surface area (Å²) < 4.78 is 24.0. The first-order chi connectivity index (χ1) is 8.01. The summed E-state index contributed by atoms with van der Waals surface area (Å²) in [6.45, 7) is 1.58. The van der Waals surface area contributed by atoms with Crippen LogP contribution >= 0.6 is 0 Å². The quantitative estimate of drug-likeness (QED) is 0.607. The van der Waals surface area contributed by atoms with Gasteiger partial charge in [-0.2, -0.15) is 0 Å². The largest absolute Gasteiger partial charge is 0.384 e. The van der Waals surface area contributed by atoms with Gasteiger partial charge in [0.2, 0.25) is 10.0 Å². The van der Waals surface area contributed by atoms with Crippen LogP contribution in [0.5, 0.6) is 0 Å². The molecule has 0 aliphatic heterocycles. The second-order valence-corrected chi connectivity index (χ2v) is 5.66. The smallest absolute Gasteiger partial charge is 0.208 e. The van der Waals surface area contributed by atoms with Gasteiger partial charge in [0.05, 0.1) is 6.26 Å². The first kappa shape index (κ1) is 14.0. The molecule has 17 heavy (non-hydrogen) atoms. The topological polar surface area (TPSA) is 84.2 Å². The van der Waals surface area contributed by atoms with Crippen LogP contribution in [0.3, 0.4) is 0 Å². The van der Waals surface area contributed by atoms with E-state index in [0.717, 1.165) is 18.4 Å². The van der Waals surface area contributed by atoms with Crippen molar-refractivity contribution in [2.75, 3.05) is 31.2 Å². The third-order valence-electron chi connectivity index (χ3n) is 2.21. The van der Waals surface area contributed by atoms with Crippen molar-refractivity contribution in [3.05, 3.63) is 29.8 Å². The summed E-state index contributed by atoms with van der Waals surface area (Å²) in [5, 5.41) is 3.13. The summed E-state index contributed by atoms with van der Waals surface area (Å²) in [5.74, 6) is 0. The van der Waals surface area contributed by atoms with Crippen molar-refractivity contribution < 1.29 is 8.42 Å². The molecule has 0 aliphatic rings. The lowest BCUT2D eigenvalue weighted by Crippen LogP contribution is -2.27. The summed E-state index contributed by atoms with van der Waals surface area (Å²) in [6, 6.07) is 7.95. The number of anilines is 1. The maximum atomic E-state index is 10.8. The molecule has 1 aromatic carbocycles. The van der Waals surface area contributed by atoms with Crippen molar-refractivity contribution in [1.29, 1.82) is 0 Å². The van der Waals surface area contributed by atoms with Crippen molar-refractivity contribution in [3.63, 3.8) is 0 Å². The van der Waals surface area contributed by atoms with Gasteiger partial charge in [-0.25, -0.2) is 13.1 Å². The van der Waals surface area contributed by atoms with Crippen molar-refractivity contribution in [2.24, 2.45) is 5.73 Å². The molecule has 0 amide bonds. The van der Waals surface area contributed by atoms with E-state index in [9.17, 15) is 8.42 Å². The number of sulfonamides is 1. The third-order valence-corrected chi connectivity index (χ3v) is 2.93. The highest BCUT2D eigenvalue weighted by molar-refractivity contribution is 7.88.